The van der Waals surface area contributed by atoms with Crippen LogP contribution in [-0.2, 0) is 25.0 Å². The zero-order chi connectivity index (χ0) is 41.5. The number of nitrogens with two attached hydrogens (primary N) is 1. The van der Waals surface area contributed by atoms with Crippen molar-refractivity contribution in [1.29, 1.82) is 0 Å². The zero-order valence-electron chi connectivity index (χ0n) is 29.4. The first-order chi connectivity index (χ1) is 27.3. The number of fused-ring (bicyclic) bond motifs is 1. The number of aromatic nitrogens is 2. The second-order valence-corrected chi connectivity index (χ2v) is 18.7. The third-order valence-electron chi connectivity index (χ3n) is 7.20. The predicted molar refractivity (Wildman–Crippen MR) is 242 cm³/mol. The van der Waals surface area contributed by atoms with E-state index in [1.807, 2.05) is 36.4 Å². The van der Waals surface area contributed by atoms with Gasteiger partial charge in [-0.2, -0.15) is 0 Å². The molecule has 0 unspecified atom stereocenters. The fourth-order valence-electron chi connectivity index (χ4n) is 4.56. The van der Waals surface area contributed by atoms with E-state index in [4.69, 9.17) is 57.7 Å². The van der Waals surface area contributed by atoms with Crippen LogP contribution >= 0.6 is 108 Å². The molecule has 0 saturated carbocycles. The summed E-state index contributed by atoms with van der Waals surface area (Å²) in [4.78, 5) is 47.3. The maximum absolute atomic E-state index is 14.1. The first-order valence-electron chi connectivity index (χ1n) is 16.1. The summed E-state index contributed by atoms with van der Waals surface area (Å²) in [6, 6.07) is 23.4. The fraction of sp³-hybridized carbons (Fsp3) is 0.139. The molecule has 0 fully saturated rings. The van der Waals surface area contributed by atoms with E-state index in [0.29, 0.717) is 29.5 Å². The first kappa shape index (κ1) is 46.0. The number of H-pyrrole nitrogens is 1. The maximum Gasteiger partial charge on any atom is 0.333 e. The largest absolute Gasteiger partial charge is 0.386 e. The third-order valence-corrected chi connectivity index (χ3v) is 13.1. The summed E-state index contributed by atoms with van der Waals surface area (Å²) in [5.74, 6) is -0.915. The number of rotatable bonds is 9. The Morgan fingerprint density at radius 1 is 0.860 bits per heavy atom. The highest BCUT2D eigenvalue weighted by molar-refractivity contribution is 9.08. The first-order valence-corrected chi connectivity index (χ1v) is 22.0. The molecule has 0 atom stereocenters. The number of hydrogen-bond donors (Lipinski definition) is 4. The van der Waals surface area contributed by atoms with Crippen LogP contribution in [-0.4, -0.2) is 22.5 Å². The number of carbonyl (C=O) groups excluding carboxylic acids is 1. The van der Waals surface area contributed by atoms with Gasteiger partial charge in [-0.1, -0.05) is 67.4 Å². The number of halogens is 6. The SMILES string of the molecule is CNc1cc2[nH]c(=O)n(-c3ccc(C(=O)NCc4ccc(Cl)s4)cc3)c(=O)c2cc1F.Clc1ccc(CBr)s1.NCc1ccc(Cl)s1.[N-]=[N+]=NCc1ccc(Cl)s1. The van der Waals surface area contributed by atoms with E-state index in [2.05, 4.69) is 41.6 Å². The summed E-state index contributed by atoms with van der Waals surface area (Å²) < 4.78 is 18.1. The average molecular weight is 992 g/mol. The molecule has 0 aliphatic rings. The predicted octanol–water partition coefficient (Wildman–Crippen LogP) is 11.9. The molecule has 2 aromatic carbocycles. The molecule has 298 valence electrons. The van der Waals surface area contributed by atoms with E-state index in [1.54, 1.807) is 23.5 Å². The number of aromatic amines is 1. The van der Waals surface area contributed by atoms with Crippen LogP contribution in [0.15, 0.2) is 99.6 Å². The topological polar surface area (TPSA) is 171 Å². The average Bonchev–Trinajstić information content (AvgIpc) is 4.03. The molecule has 7 rings (SSSR count). The van der Waals surface area contributed by atoms with Crippen molar-refractivity contribution in [2.24, 2.45) is 10.8 Å². The number of hydrogen-bond acceptors (Lipinski definition) is 10. The van der Waals surface area contributed by atoms with E-state index in [9.17, 15) is 18.8 Å². The van der Waals surface area contributed by atoms with Crippen LogP contribution in [0.3, 0.4) is 0 Å². The fourth-order valence-corrected chi connectivity index (χ4v) is 9.03. The van der Waals surface area contributed by atoms with Gasteiger partial charge in [0, 0.05) is 48.9 Å². The lowest BCUT2D eigenvalue weighted by Gasteiger charge is -2.09. The van der Waals surface area contributed by atoms with Gasteiger partial charge in [0.2, 0.25) is 0 Å². The van der Waals surface area contributed by atoms with Crippen LogP contribution in [0.2, 0.25) is 17.3 Å². The van der Waals surface area contributed by atoms with Crippen LogP contribution in [0, 0.1) is 5.82 Å². The highest BCUT2D eigenvalue weighted by atomic mass is 79.9. The van der Waals surface area contributed by atoms with Gasteiger partial charge in [-0.15, -0.1) is 45.3 Å². The molecule has 21 heteroatoms. The minimum absolute atomic E-state index is 0.0347. The van der Waals surface area contributed by atoms with Gasteiger partial charge < -0.3 is 21.4 Å². The van der Waals surface area contributed by atoms with Crippen molar-refractivity contribution >= 4 is 130 Å². The molecule has 0 aliphatic carbocycles. The van der Waals surface area contributed by atoms with Crippen LogP contribution in [0.4, 0.5) is 10.1 Å². The molecule has 0 spiro atoms. The maximum atomic E-state index is 14.1. The summed E-state index contributed by atoms with van der Waals surface area (Å²) in [5, 5.41) is 9.77. The van der Waals surface area contributed by atoms with Crippen LogP contribution in [0.25, 0.3) is 27.0 Å². The molecular weight excluding hydrogens is 961 g/mol. The lowest BCUT2D eigenvalue weighted by molar-refractivity contribution is 0.0951. The highest BCUT2D eigenvalue weighted by Crippen LogP contribution is 2.24. The molecule has 5 heterocycles. The molecule has 5 aromatic heterocycles. The Hall–Kier alpha value is -3.71. The molecule has 0 bridgehead atoms. The molecule has 5 N–H and O–H groups in total. The lowest BCUT2D eigenvalue weighted by Crippen LogP contribution is -2.33. The summed E-state index contributed by atoms with van der Waals surface area (Å²) >= 11 is 32.0. The van der Waals surface area contributed by atoms with E-state index in [-0.39, 0.29) is 28.2 Å². The van der Waals surface area contributed by atoms with Crippen molar-refractivity contribution in [3.8, 4) is 5.69 Å². The van der Waals surface area contributed by atoms with Gasteiger partial charge in [-0.25, -0.2) is 13.8 Å². The van der Waals surface area contributed by atoms with E-state index < -0.39 is 17.1 Å². The second-order valence-electron chi connectivity index (χ2n) is 11.0. The number of benzene rings is 2. The van der Waals surface area contributed by atoms with Crippen molar-refractivity contribution in [3.05, 3.63) is 164 Å². The molecule has 0 aliphatic heterocycles. The highest BCUT2D eigenvalue weighted by Gasteiger charge is 2.14. The van der Waals surface area contributed by atoms with Gasteiger partial charge in [-0.05, 0) is 90.5 Å². The number of anilines is 1. The third kappa shape index (κ3) is 14.0. The molecule has 0 saturated heterocycles. The summed E-state index contributed by atoms with van der Waals surface area (Å²) in [6.45, 7) is 1.33. The Labute approximate surface area is 369 Å². The van der Waals surface area contributed by atoms with Crippen LogP contribution in [0.5, 0.6) is 0 Å². The van der Waals surface area contributed by atoms with Gasteiger partial charge in [0.25, 0.3) is 11.5 Å². The van der Waals surface area contributed by atoms with Crippen molar-refractivity contribution in [2.75, 3.05) is 12.4 Å². The Bertz CT molecular complexity index is 2540. The summed E-state index contributed by atoms with van der Waals surface area (Å²) in [5.41, 5.74) is 13.0. The zero-order valence-corrected chi connectivity index (χ0v) is 37.3. The van der Waals surface area contributed by atoms with Gasteiger partial charge in [0.15, 0.2) is 0 Å². The van der Waals surface area contributed by atoms with Crippen molar-refractivity contribution in [2.45, 2.75) is 25.0 Å². The monoisotopic (exact) mass is 988 g/mol. The standard InChI is InChI=1S/C21H16ClFN4O3S.C5H4BrClS.C5H4ClN3S.C5H6ClNS/c1-24-17-9-16-14(8-15(17)23)20(29)27(21(30)26-16)12-4-2-11(3-5-12)19(28)25-10-13-6-7-18(22)31-13;6-3-4-1-2-5(7)8-4;6-5-2-1-4(10-5)3-8-9-7;6-5-2-1-4(3-7)8-5/h2-9,24H,10H2,1H3,(H,25,28)(H,26,30);1-2H,3H2;1-2H,3H2;1-2H,3,7H2. The second kappa shape index (κ2) is 23.0. The number of amides is 1. The van der Waals surface area contributed by atoms with Gasteiger partial charge >= 0.3 is 5.69 Å². The number of nitrogens with zero attached hydrogens (tertiary/aromatic N) is 4. The normalized spacial score (nSPS) is 10.2. The minimum atomic E-state index is -0.669. The molecule has 57 heavy (non-hydrogen) atoms. The smallest absolute Gasteiger partial charge is 0.333 e. The van der Waals surface area contributed by atoms with Gasteiger partial charge in [0.05, 0.1) is 52.7 Å². The Morgan fingerprint density at radius 2 is 1.40 bits per heavy atom. The number of nitrogens with one attached hydrogen (secondary N) is 3. The Morgan fingerprint density at radius 3 is 1.86 bits per heavy atom. The number of thiophene rings is 4. The van der Waals surface area contributed by atoms with Crippen molar-refractivity contribution in [3.63, 3.8) is 0 Å². The quantitative estimate of drug-likeness (QED) is 0.0487. The number of azide groups is 1. The Balaban J connectivity index is 0.000000222. The number of carbonyl (C=O) groups is 1. The van der Waals surface area contributed by atoms with Crippen LogP contribution in [0.1, 0.15) is 29.9 Å². The molecule has 7 aromatic rings. The molecular formula is C36H30BrCl4FN8O3S4. The van der Waals surface area contributed by atoms with Crippen molar-refractivity contribution < 1.29 is 9.18 Å². The summed E-state index contributed by atoms with van der Waals surface area (Å²) in [6.07, 6.45) is 0. The lowest BCUT2D eigenvalue weighted by atomic mass is 10.1. The summed E-state index contributed by atoms with van der Waals surface area (Å²) in [7, 11) is 1.54. The van der Waals surface area contributed by atoms with Crippen LogP contribution < -0.4 is 27.6 Å². The van der Waals surface area contributed by atoms with E-state index in [0.717, 1.165) is 43.6 Å². The number of alkyl halides is 1. The molecule has 11 nitrogen and oxygen atoms in total. The Kier molecular flexibility index (Phi) is 18.6. The van der Waals surface area contributed by atoms with Gasteiger partial charge in [-0.3, -0.25) is 9.59 Å². The molecule has 1 amide bonds. The van der Waals surface area contributed by atoms with E-state index >= 15 is 0 Å². The molecule has 0 radical (unpaired) electrons. The van der Waals surface area contributed by atoms with E-state index in [1.165, 1.54) is 76.3 Å². The van der Waals surface area contributed by atoms with Gasteiger partial charge in [0.1, 0.15) is 5.82 Å². The van der Waals surface area contributed by atoms with Crippen molar-refractivity contribution in [1.82, 2.24) is 14.9 Å². The minimum Gasteiger partial charge on any atom is -0.386 e.